The molecule has 8 heteroatoms. The van der Waals surface area contributed by atoms with Crippen molar-refractivity contribution in [1.82, 2.24) is 19.7 Å². The third-order valence-electron chi connectivity index (χ3n) is 4.72. The van der Waals surface area contributed by atoms with E-state index in [9.17, 15) is 9.18 Å². The number of nitrogens with one attached hydrogen (secondary N) is 1. The second-order valence-electron chi connectivity index (χ2n) is 7.73. The van der Waals surface area contributed by atoms with Crippen LogP contribution in [-0.2, 0) is 4.79 Å². The Morgan fingerprint density at radius 1 is 1.11 bits per heavy atom. The molecule has 1 aromatic carbocycles. The number of benzene rings is 1. The summed E-state index contributed by atoms with van der Waals surface area (Å²) in [6.07, 6.45) is 0. The fourth-order valence-corrected chi connectivity index (χ4v) is 3.95. The number of hydrogen-bond acceptors (Lipinski definition) is 4. The number of carbonyl (C=O) groups excluding carboxylic acids is 1. The number of aromatic nitrogens is 3. The van der Waals surface area contributed by atoms with Gasteiger partial charge in [-0.1, -0.05) is 11.8 Å². The molecule has 0 radical (unpaired) electrons. The number of hydrogen-bond donors (Lipinski definition) is 1. The minimum Gasteiger partial charge on any atom is -0.337 e. The molecule has 1 aromatic heterocycles. The summed E-state index contributed by atoms with van der Waals surface area (Å²) in [4.78, 5) is 15.8. The summed E-state index contributed by atoms with van der Waals surface area (Å²) < 4.78 is 15.3. The monoisotopic (exact) mass is 408 g/mol. The first kappa shape index (κ1) is 22.4. The van der Waals surface area contributed by atoms with E-state index in [-0.39, 0.29) is 35.6 Å². The first-order valence-corrected chi connectivity index (χ1v) is 10.6. The van der Waals surface area contributed by atoms with E-state index in [4.69, 9.17) is 0 Å². The van der Waals surface area contributed by atoms with Crippen molar-refractivity contribution in [2.45, 2.75) is 57.9 Å². The van der Waals surface area contributed by atoms with Crippen LogP contribution in [0.2, 0.25) is 0 Å². The fraction of sp³-hybridized carbons (Fsp3) is 0.550. The first-order valence-electron chi connectivity index (χ1n) is 9.58. The number of carbonyl (C=O) groups is 1. The molecule has 1 amide bonds. The van der Waals surface area contributed by atoms with Crippen molar-refractivity contribution in [3.05, 3.63) is 35.9 Å². The van der Waals surface area contributed by atoms with Crippen molar-refractivity contribution < 1.29 is 14.1 Å². The predicted octanol–water partition coefficient (Wildman–Crippen LogP) is 2.35. The van der Waals surface area contributed by atoms with Crippen LogP contribution in [0.15, 0.2) is 29.4 Å². The molecular formula is C20H31FN5OS+. The minimum atomic E-state index is -0.293. The van der Waals surface area contributed by atoms with Gasteiger partial charge in [0, 0.05) is 17.8 Å². The molecule has 6 nitrogen and oxygen atoms in total. The van der Waals surface area contributed by atoms with Gasteiger partial charge < -0.3 is 9.80 Å². The lowest BCUT2D eigenvalue weighted by Gasteiger charge is -2.30. The van der Waals surface area contributed by atoms with Gasteiger partial charge in [0.1, 0.15) is 11.9 Å². The van der Waals surface area contributed by atoms with E-state index in [1.54, 1.807) is 12.1 Å². The Bertz CT molecular complexity index is 780. The molecule has 0 aliphatic rings. The van der Waals surface area contributed by atoms with Gasteiger partial charge in [-0.05, 0) is 58.9 Å². The van der Waals surface area contributed by atoms with Gasteiger partial charge in [-0.25, -0.2) is 4.39 Å². The van der Waals surface area contributed by atoms with E-state index in [2.05, 4.69) is 17.1 Å². The molecule has 1 atom stereocenters. The van der Waals surface area contributed by atoms with Crippen molar-refractivity contribution in [3.8, 4) is 5.69 Å². The molecule has 2 rings (SSSR count). The lowest BCUT2D eigenvalue weighted by atomic mass is 10.2. The Hall–Kier alpha value is -1.93. The maximum Gasteiger partial charge on any atom is 0.233 e. The maximum absolute atomic E-state index is 13.4. The molecule has 0 unspecified atom stereocenters. The van der Waals surface area contributed by atoms with Crippen LogP contribution < -0.4 is 4.90 Å². The number of amides is 1. The molecular weight excluding hydrogens is 377 g/mol. The molecule has 0 spiro atoms. The van der Waals surface area contributed by atoms with E-state index in [1.165, 1.54) is 28.8 Å². The second-order valence-corrected chi connectivity index (χ2v) is 8.67. The number of quaternary nitrogens is 1. The first-order chi connectivity index (χ1) is 13.1. The second kappa shape index (κ2) is 9.52. The van der Waals surface area contributed by atoms with Gasteiger partial charge in [0.15, 0.2) is 11.0 Å². The zero-order valence-electron chi connectivity index (χ0n) is 17.7. The highest BCUT2D eigenvalue weighted by atomic mass is 32.2. The third-order valence-corrected chi connectivity index (χ3v) is 5.64. The smallest absolute Gasteiger partial charge is 0.233 e. The van der Waals surface area contributed by atoms with Gasteiger partial charge in [-0.2, -0.15) is 0 Å². The third kappa shape index (κ3) is 5.11. The zero-order chi connectivity index (χ0) is 21.0. The van der Waals surface area contributed by atoms with Crippen LogP contribution in [-0.4, -0.2) is 57.5 Å². The summed E-state index contributed by atoms with van der Waals surface area (Å²) in [5.41, 5.74) is 0.786. The maximum atomic E-state index is 13.4. The Labute approximate surface area is 171 Å². The highest BCUT2D eigenvalue weighted by Crippen LogP contribution is 2.25. The number of thioether (sulfide) groups is 1. The molecule has 0 bridgehead atoms. The fourth-order valence-electron chi connectivity index (χ4n) is 3.12. The number of rotatable bonds is 8. The van der Waals surface area contributed by atoms with Crippen LogP contribution in [0.1, 0.15) is 46.5 Å². The SMILES string of the molecule is CC(C)N(C(=O)CSc1nnc([C@@H](C)[NH+](C)C)n1-c1ccc(F)cc1)C(C)C. The summed E-state index contributed by atoms with van der Waals surface area (Å²) in [6, 6.07) is 6.62. The van der Waals surface area contributed by atoms with E-state index in [0.29, 0.717) is 5.16 Å². The Morgan fingerprint density at radius 2 is 1.68 bits per heavy atom. The lowest BCUT2D eigenvalue weighted by Crippen LogP contribution is -3.05. The van der Waals surface area contributed by atoms with Gasteiger partial charge in [-0.15, -0.1) is 10.2 Å². The van der Waals surface area contributed by atoms with Gasteiger partial charge >= 0.3 is 0 Å². The highest BCUT2D eigenvalue weighted by Gasteiger charge is 2.25. The quantitative estimate of drug-likeness (QED) is 0.682. The van der Waals surface area contributed by atoms with Crippen molar-refractivity contribution in [2.75, 3.05) is 19.8 Å². The lowest BCUT2D eigenvalue weighted by molar-refractivity contribution is -0.890. The van der Waals surface area contributed by atoms with Crippen molar-refractivity contribution in [1.29, 1.82) is 0 Å². The molecule has 0 saturated carbocycles. The van der Waals surface area contributed by atoms with Gasteiger partial charge in [-0.3, -0.25) is 9.36 Å². The van der Waals surface area contributed by atoms with Crippen LogP contribution in [0.3, 0.4) is 0 Å². The Kier molecular flexibility index (Phi) is 7.60. The molecule has 0 aliphatic carbocycles. The molecule has 0 aliphatic heterocycles. The summed E-state index contributed by atoms with van der Waals surface area (Å²) in [6.45, 7) is 10.1. The standard InChI is InChI=1S/C20H30FN5OS/c1-13(2)25(14(3)4)18(27)12-28-20-23-22-19(15(5)24(6)7)26(20)17-10-8-16(21)9-11-17/h8-11,13-15H,12H2,1-7H3/p+1/t15-/m1/s1. The van der Waals surface area contributed by atoms with Crippen LogP contribution in [0.5, 0.6) is 0 Å². The molecule has 154 valence electrons. The molecule has 2 aromatic rings. The topological polar surface area (TPSA) is 55.5 Å². The largest absolute Gasteiger partial charge is 0.337 e. The average Bonchev–Trinajstić information content (AvgIpc) is 3.03. The minimum absolute atomic E-state index is 0.0662. The molecule has 0 saturated heterocycles. The molecule has 1 N–H and O–H groups in total. The van der Waals surface area contributed by atoms with E-state index < -0.39 is 0 Å². The summed E-state index contributed by atoms with van der Waals surface area (Å²) in [7, 11) is 4.10. The van der Waals surface area contributed by atoms with Crippen LogP contribution in [0, 0.1) is 5.82 Å². The molecule has 28 heavy (non-hydrogen) atoms. The number of halogens is 1. The van der Waals surface area contributed by atoms with Crippen molar-refractivity contribution >= 4 is 17.7 Å². The zero-order valence-corrected chi connectivity index (χ0v) is 18.5. The van der Waals surface area contributed by atoms with Crippen molar-refractivity contribution in [2.24, 2.45) is 0 Å². The highest BCUT2D eigenvalue weighted by molar-refractivity contribution is 7.99. The van der Waals surface area contributed by atoms with E-state index in [0.717, 1.165) is 11.5 Å². The van der Waals surface area contributed by atoms with Gasteiger partial charge in [0.25, 0.3) is 0 Å². The van der Waals surface area contributed by atoms with Gasteiger partial charge in [0.05, 0.1) is 19.8 Å². The van der Waals surface area contributed by atoms with E-state index >= 15 is 0 Å². The summed E-state index contributed by atoms with van der Waals surface area (Å²) in [5.74, 6) is 0.833. The normalized spacial score (nSPS) is 12.8. The van der Waals surface area contributed by atoms with Crippen molar-refractivity contribution in [3.63, 3.8) is 0 Å². The number of nitrogens with zero attached hydrogens (tertiary/aromatic N) is 4. The summed E-state index contributed by atoms with van der Waals surface area (Å²) in [5, 5.41) is 9.35. The van der Waals surface area contributed by atoms with Gasteiger partial charge in [0.2, 0.25) is 5.91 Å². The predicted molar refractivity (Wildman–Crippen MR) is 110 cm³/mol. The van der Waals surface area contributed by atoms with Crippen LogP contribution in [0.25, 0.3) is 5.69 Å². The Balaban J connectivity index is 2.34. The van der Waals surface area contributed by atoms with Crippen LogP contribution >= 0.6 is 11.8 Å². The Morgan fingerprint density at radius 3 is 2.18 bits per heavy atom. The van der Waals surface area contributed by atoms with E-state index in [1.807, 2.05) is 51.3 Å². The molecule has 0 fully saturated rings. The summed E-state index contributed by atoms with van der Waals surface area (Å²) >= 11 is 1.36. The molecule has 1 heterocycles. The van der Waals surface area contributed by atoms with Crippen LogP contribution in [0.4, 0.5) is 4.39 Å². The average molecular weight is 409 g/mol.